The summed E-state index contributed by atoms with van der Waals surface area (Å²) in [4.78, 5) is 20.1. The highest BCUT2D eigenvalue weighted by atomic mass is 16.6. The van der Waals surface area contributed by atoms with Gasteiger partial charge in [0.15, 0.2) is 0 Å². The van der Waals surface area contributed by atoms with Crippen LogP contribution in [0, 0.1) is 5.41 Å². The summed E-state index contributed by atoms with van der Waals surface area (Å²) in [6, 6.07) is 8.62. The lowest BCUT2D eigenvalue weighted by Gasteiger charge is -2.33. The summed E-state index contributed by atoms with van der Waals surface area (Å²) in [5.74, 6) is 0.0210. The number of hydrogen-bond donors (Lipinski definition) is 1. The minimum atomic E-state index is -0.144. The molecule has 1 N–H and O–H groups in total. The van der Waals surface area contributed by atoms with Crippen molar-refractivity contribution in [3.8, 4) is 11.1 Å². The Morgan fingerprint density at radius 3 is 2.52 bits per heavy atom. The molecule has 1 aliphatic heterocycles. The van der Waals surface area contributed by atoms with Crippen molar-refractivity contribution in [2.45, 2.75) is 44.8 Å². The van der Waals surface area contributed by atoms with Gasteiger partial charge < -0.3 is 10.1 Å². The van der Waals surface area contributed by atoms with Crippen molar-refractivity contribution in [2.75, 3.05) is 6.54 Å². The van der Waals surface area contributed by atoms with Crippen molar-refractivity contribution in [2.24, 2.45) is 5.41 Å². The lowest BCUT2D eigenvalue weighted by atomic mass is 9.67. The van der Waals surface area contributed by atoms with E-state index in [0.717, 1.165) is 36.8 Å². The zero-order valence-electron chi connectivity index (χ0n) is 14.4. The molecular weight excluding hydrogens is 314 g/mol. The van der Waals surface area contributed by atoms with Crippen LogP contribution in [0.3, 0.4) is 0 Å². The van der Waals surface area contributed by atoms with Crippen LogP contribution in [-0.2, 0) is 9.53 Å². The number of nitrogens with one attached hydrogen (secondary N) is 1. The minimum absolute atomic E-state index is 0.0102. The van der Waals surface area contributed by atoms with Crippen molar-refractivity contribution in [1.29, 1.82) is 0 Å². The van der Waals surface area contributed by atoms with Crippen molar-refractivity contribution < 1.29 is 9.53 Å². The Kier molecular flexibility index (Phi) is 4.25. The molecule has 5 heteroatoms. The Morgan fingerprint density at radius 1 is 1.20 bits per heavy atom. The third kappa shape index (κ3) is 3.16. The largest absolute Gasteiger partial charge is 0.461 e. The van der Waals surface area contributed by atoms with Crippen LogP contribution in [0.5, 0.6) is 0 Å². The summed E-state index contributed by atoms with van der Waals surface area (Å²) in [6.07, 6.45) is 9.21. The third-order valence-electron chi connectivity index (χ3n) is 5.59. The Labute approximate surface area is 147 Å². The van der Waals surface area contributed by atoms with Crippen LogP contribution < -0.4 is 5.32 Å². The van der Waals surface area contributed by atoms with E-state index in [0.29, 0.717) is 6.54 Å². The molecule has 0 unspecified atom stereocenters. The average Bonchev–Trinajstić information content (AvgIpc) is 2.97. The van der Waals surface area contributed by atoms with Crippen molar-refractivity contribution in [3.05, 3.63) is 48.5 Å². The second kappa shape index (κ2) is 6.56. The molecule has 1 saturated carbocycles. The van der Waals surface area contributed by atoms with Crippen LogP contribution in [0.25, 0.3) is 11.1 Å². The molecule has 5 nitrogen and oxygen atoms in total. The van der Waals surface area contributed by atoms with Crippen LogP contribution in [-0.4, -0.2) is 28.6 Å². The molecule has 4 rings (SSSR count). The van der Waals surface area contributed by atoms with Gasteiger partial charge in [-0.3, -0.25) is 4.79 Å². The van der Waals surface area contributed by atoms with E-state index in [-0.39, 0.29) is 23.5 Å². The fourth-order valence-electron chi connectivity index (χ4n) is 3.80. The highest BCUT2D eigenvalue weighted by Crippen LogP contribution is 2.50. The first kappa shape index (κ1) is 16.2. The molecule has 0 amide bonds. The van der Waals surface area contributed by atoms with E-state index in [9.17, 15) is 4.79 Å². The van der Waals surface area contributed by atoms with Crippen LogP contribution in [0.1, 0.15) is 44.2 Å². The van der Waals surface area contributed by atoms with Gasteiger partial charge in [-0.15, -0.1) is 0 Å². The topological polar surface area (TPSA) is 64.1 Å². The molecular formula is C20H23N3O2. The SMILES string of the molecule is C[C@H](NC[C@H]1CC2(CCC2)C(=O)O1)c1ccc(-c2cncnc2)cc1. The van der Waals surface area contributed by atoms with E-state index in [4.69, 9.17) is 4.74 Å². The number of esters is 1. The fourth-order valence-corrected chi connectivity index (χ4v) is 3.80. The lowest BCUT2D eigenvalue weighted by molar-refractivity contribution is -0.152. The first-order valence-corrected chi connectivity index (χ1v) is 8.96. The van der Waals surface area contributed by atoms with Crippen LogP contribution >= 0.6 is 0 Å². The maximum Gasteiger partial charge on any atom is 0.312 e. The summed E-state index contributed by atoms with van der Waals surface area (Å²) in [6.45, 7) is 2.85. The van der Waals surface area contributed by atoms with Gasteiger partial charge in [-0.1, -0.05) is 30.7 Å². The van der Waals surface area contributed by atoms with E-state index in [1.165, 1.54) is 11.9 Å². The van der Waals surface area contributed by atoms with E-state index in [1.54, 1.807) is 0 Å². The van der Waals surface area contributed by atoms with Gasteiger partial charge in [0.05, 0.1) is 5.41 Å². The van der Waals surface area contributed by atoms with Gasteiger partial charge in [-0.2, -0.15) is 0 Å². The van der Waals surface area contributed by atoms with Gasteiger partial charge in [-0.25, -0.2) is 9.97 Å². The molecule has 1 saturated heterocycles. The highest BCUT2D eigenvalue weighted by molar-refractivity contribution is 5.80. The molecule has 2 aliphatic rings. The summed E-state index contributed by atoms with van der Waals surface area (Å²) in [5.41, 5.74) is 3.18. The first-order chi connectivity index (χ1) is 12.2. The number of ether oxygens (including phenoxy) is 1. The maximum absolute atomic E-state index is 12.0. The summed E-state index contributed by atoms with van der Waals surface area (Å²) >= 11 is 0. The smallest absolute Gasteiger partial charge is 0.312 e. The molecule has 1 spiro atoms. The number of nitrogens with zero attached hydrogens (tertiary/aromatic N) is 2. The predicted octanol–water partition coefficient (Wildman–Crippen LogP) is 3.28. The van der Waals surface area contributed by atoms with E-state index in [2.05, 4.69) is 46.5 Å². The molecule has 130 valence electrons. The molecule has 0 bridgehead atoms. The molecule has 2 heterocycles. The molecule has 2 fully saturated rings. The Hall–Kier alpha value is -2.27. The van der Waals surface area contributed by atoms with Gasteiger partial charge in [0.1, 0.15) is 12.4 Å². The van der Waals surface area contributed by atoms with Crippen molar-refractivity contribution >= 4 is 5.97 Å². The summed E-state index contributed by atoms with van der Waals surface area (Å²) < 4.78 is 5.57. The molecule has 2 atom stereocenters. The van der Waals surface area contributed by atoms with E-state index in [1.807, 2.05) is 12.4 Å². The number of hydrogen-bond acceptors (Lipinski definition) is 5. The second-order valence-corrected chi connectivity index (χ2v) is 7.24. The molecule has 0 radical (unpaired) electrons. The van der Waals surface area contributed by atoms with E-state index >= 15 is 0 Å². The lowest BCUT2D eigenvalue weighted by Crippen LogP contribution is -2.34. The average molecular weight is 337 g/mol. The molecule has 1 aromatic heterocycles. The zero-order chi connectivity index (χ0) is 17.3. The standard InChI is InChI=1S/C20H23N3O2/c1-14(23-12-18-9-20(7-2-8-20)19(24)25-18)15-3-5-16(6-4-15)17-10-21-13-22-11-17/h3-6,10-11,13-14,18,23H,2,7-9,12H2,1H3/t14-,18+/m0/s1. The Morgan fingerprint density at radius 2 is 1.92 bits per heavy atom. The van der Waals surface area contributed by atoms with Gasteiger partial charge in [0.2, 0.25) is 0 Å². The minimum Gasteiger partial charge on any atom is -0.461 e. The van der Waals surface area contributed by atoms with Crippen molar-refractivity contribution in [3.63, 3.8) is 0 Å². The number of rotatable bonds is 5. The third-order valence-corrected chi connectivity index (χ3v) is 5.59. The second-order valence-electron chi connectivity index (χ2n) is 7.24. The first-order valence-electron chi connectivity index (χ1n) is 8.96. The van der Waals surface area contributed by atoms with Gasteiger partial charge in [0.25, 0.3) is 0 Å². The van der Waals surface area contributed by atoms with Crippen LogP contribution in [0.4, 0.5) is 0 Å². The quantitative estimate of drug-likeness (QED) is 0.848. The zero-order valence-corrected chi connectivity index (χ0v) is 14.4. The van der Waals surface area contributed by atoms with Gasteiger partial charge in [-0.05, 0) is 30.9 Å². The molecule has 1 aliphatic carbocycles. The Bertz CT molecular complexity index is 741. The number of aromatic nitrogens is 2. The Balaban J connectivity index is 1.34. The molecule has 25 heavy (non-hydrogen) atoms. The number of cyclic esters (lactones) is 1. The number of benzene rings is 1. The van der Waals surface area contributed by atoms with Crippen LogP contribution in [0.2, 0.25) is 0 Å². The highest BCUT2D eigenvalue weighted by Gasteiger charge is 2.52. The predicted molar refractivity (Wildman–Crippen MR) is 94.7 cm³/mol. The number of carbonyl (C=O) groups is 1. The molecule has 2 aromatic rings. The van der Waals surface area contributed by atoms with Gasteiger partial charge >= 0.3 is 5.97 Å². The fraction of sp³-hybridized carbons (Fsp3) is 0.450. The summed E-state index contributed by atoms with van der Waals surface area (Å²) in [5, 5.41) is 3.50. The van der Waals surface area contributed by atoms with Crippen LogP contribution in [0.15, 0.2) is 43.0 Å². The van der Waals surface area contributed by atoms with Gasteiger partial charge in [0, 0.05) is 37.0 Å². The number of carbonyl (C=O) groups excluding carboxylic acids is 1. The maximum atomic E-state index is 12.0. The van der Waals surface area contributed by atoms with Crippen molar-refractivity contribution in [1.82, 2.24) is 15.3 Å². The van der Waals surface area contributed by atoms with E-state index < -0.39 is 0 Å². The summed E-state index contributed by atoms with van der Waals surface area (Å²) in [7, 11) is 0. The molecule has 1 aromatic carbocycles. The monoisotopic (exact) mass is 337 g/mol. The normalized spacial score (nSPS) is 22.4.